The number of pyridine rings is 1. The van der Waals surface area contributed by atoms with Crippen molar-refractivity contribution in [3.8, 4) is 6.07 Å². The van der Waals surface area contributed by atoms with Crippen LogP contribution in [0.1, 0.15) is 34.9 Å². The monoisotopic (exact) mass is 402 g/mol. The highest BCUT2D eigenvalue weighted by atomic mass is 32.1. The zero-order valence-corrected chi connectivity index (χ0v) is 16.8. The standard InChI is InChI=1S/C23H22N4OS/c24-15-17-8-9-21(25-16-17)27-12-10-19(11-13-27)23(28)26-22(20-7-4-14-29-20)18-5-2-1-3-6-18/h1-9,14,16,19,22H,10-13H2,(H,26,28)/t22-/m1/s1. The summed E-state index contributed by atoms with van der Waals surface area (Å²) >= 11 is 1.66. The normalized spacial score (nSPS) is 15.5. The molecular weight excluding hydrogens is 380 g/mol. The predicted molar refractivity (Wildman–Crippen MR) is 115 cm³/mol. The van der Waals surface area contributed by atoms with Gasteiger partial charge in [-0.25, -0.2) is 4.98 Å². The van der Waals surface area contributed by atoms with Crippen molar-refractivity contribution >= 4 is 23.1 Å². The number of nitrogens with one attached hydrogen (secondary N) is 1. The van der Waals surface area contributed by atoms with Crippen molar-refractivity contribution in [1.29, 1.82) is 5.26 Å². The molecule has 1 aliphatic rings. The molecule has 3 heterocycles. The number of carbonyl (C=O) groups excluding carboxylic acids is 1. The third-order valence-corrected chi connectivity index (χ3v) is 6.25. The van der Waals surface area contributed by atoms with Gasteiger partial charge in [0.15, 0.2) is 0 Å². The van der Waals surface area contributed by atoms with Gasteiger partial charge in [0.1, 0.15) is 11.9 Å². The largest absolute Gasteiger partial charge is 0.357 e. The summed E-state index contributed by atoms with van der Waals surface area (Å²) in [6.45, 7) is 1.57. The molecule has 1 saturated heterocycles. The predicted octanol–water partition coefficient (Wildman–Crippen LogP) is 4.14. The molecule has 4 rings (SSSR count). The first-order valence-corrected chi connectivity index (χ1v) is 10.6. The first-order chi connectivity index (χ1) is 14.2. The van der Waals surface area contributed by atoms with Crippen LogP contribution in [0.4, 0.5) is 5.82 Å². The lowest BCUT2D eigenvalue weighted by Crippen LogP contribution is -2.42. The summed E-state index contributed by atoms with van der Waals surface area (Å²) in [6, 6.07) is 19.8. The highest BCUT2D eigenvalue weighted by molar-refractivity contribution is 7.10. The number of nitriles is 1. The lowest BCUT2D eigenvalue weighted by Gasteiger charge is -2.33. The number of anilines is 1. The van der Waals surface area contributed by atoms with E-state index < -0.39 is 0 Å². The summed E-state index contributed by atoms with van der Waals surface area (Å²) in [7, 11) is 0. The molecule has 1 atom stereocenters. The van der Waals surface area contributed by atoms with Gasteiger partial charge in [-0.05, 0) is 42.0 Å². The maximum Gasteiger partial charge on any atom is 0.224 e. The van der Waals surface area contributed by atoms with Gasteiger partial charge in [0.25, 0.3) is 0 Å². The Balaban J connectivity index is 1.40. The van der Waals surface area contributed by atoms with Crippen molar-refractivity contribution in [2.24, 2.45) is 5.92 Å². The van der Waals surface area contributed by atoms with Crippen LogP contribution in [0.15, 0.2) is 66.2 Å². The maximum atomic E-state index is 13.0. The van der Waals surface area contributed by atoms with E-state index in [2.05, 4.69) is 39.5 Å². The zero-order chi connectivity index (χ0) is 20.1. The molecule has 0 bridgehead atoms. The van der Waals surface area contributed by atoms with Gasteiger partial charge in [0.2, 0.25) is 5.91 Å². The Hall–Kier alpha value is -3.17. The third-order valence-electron chi connectivity index (χ3n) is 5.31. The number of carbonyl (C=O) groups is 1. The molecule has 5 nitrogen and oxygen atoms in total. The second kappa shape index (κ2) is 8.89. The molecular formula is C23H22N4OS. The number of amides is 1. The topological polar surface area (TPSA) is 69.0 Å². The molecule has 6 heteroatoms. The smallest absolute Gasteiger partial charge is 0.224 e. The Kier molecular flexibility index (Phi) is 5.87. The molecule has 0 aliphatic carbocycles. The minimum absolute atomic E-state index is 0.00388. The van der Waals surface area contributed by atoms with Crippen LogP contribution in [0.2, 0.25) is 0 Å². The van der Waals surface area contributed by atoms with Gasteiger partial charge in [-0.1, -0.05) is 36.4 Å². The maximum absolute atomic E-state index is 13.0. The molecule has 3 aromatic rings. The molecule has 1 aliphatic heterocycles. The number of aromatic nitrogens is 1. The van der Waals surface area contributed by atoms with E-state index in [0.29, 0.717) is 5.56 Å². The molecule has 0 saturated carbocycles. The molecule has 0 radical (unpaired) electrons. The van der Waals surface area contributed by atoms with Crippen molar-refractivity contribution in [3.63, 3.8) is 0 Å². The Labute approximate surface area is 174 Å². The minimum atomic E-state index is -0.109. The first-order valence-electron chi connectivity index (χ1n) is 9.74. The van der Waals surface area contributed by atoms with E-state index in [0.717, 1.165) is 42.2 Å². The lowest BCUT2D eigenvalue weighted by atomic mass is 9.94. The third kappa shape index (κ3) is 4.47. The molecule has 1 fully saturated rings. The second-order valence-electron chi connectivity index (χ2n) is 7.15. The SMILES string of the molecule is N#Cc1ccc(N2CCC(C(=O)N[C@H](c3ccccc3)c3cccs3)CC2)nc1. The molecule has 1 amide bonds. The van der Waals surface area contributed by atoms with E-state index in [1.54, 1.807) is 23.6 Å². The summed E-state index contributed by atoms with van der Waals surface area (Å²) in [5, 5.41) is 14.2. The van der Waals surface area contributed by atoms with Crippen LogP contribution in [-0.4, -0.2) is 24.0 Å². The number of hydrogen-bond donors (Lipinski definition) is 1. The van der Waals surface area contributed by atoms with Crippen LogP contribution in [0, 0.1) is 17.2 Å². The molecule has 146 valence electrons. The Morgan fingerprint density at radius 1 is 1.14 bits per heavy atom. The molecule has 0 unspecified atom stereocenters. The minimum Gasteiger partial charge on any atom is -0.357 e. The number of benzene rings is 1. The molecule has 2 aromatic heterocycles. The Morgan fingerprint density at radius 2 is 1.93 bits per heavy atom. The highest BCUT2D eigenvalue weighted by Gasteiger charge is 2.28. The Bertz CT molecular complexity index is 972. The second-order valence-corrected chi connectivity index (χ2v) is 8.13. The van der Waals surface area contributed by atoms with Gasteiger partial charge in [-0.15, -0.1) is 11.3 Å². The molecule has 29 heavy (non-hydrogen) atoms. The van der Waals surface area contributed by atoms with Crippen LogP contribution < -0.4 is 10.2 Å². The summed E-state index contributed by atoms with van der Waals surface area (Å²) in [5.41, 5.74) is 1.66. The quantitative estimate of drug-likeness (QED) is 0.696. The van der Waals surface area contributed by atoms with E-state index in [1.165, 1.54) is 0 Å². The van der Waals surface area contributed by atoms with Gasteiger partial charge in [-0.3, -0.25) is 4.79 Å². The van der Waals surface area contributed by atoms with Crippen LogP contribution in [0.25, 0.3) is 0 Å². The van der Waals surface area contributed by atoms with Gasteiger partial charge in [0.05, 0.1) is 11.6 Å². The van der Waals surface area contributed by atoms with Gasteiger partial charge >= 0.3 is 0 Å². The average Bonchev–Trinajstić information content (AvgIpc) is 3.33. The van der Waals surface area contributed by atoms with Gasteiger partial charge in [-0.2, -0.15) is 5.26 Å². The fraction of sp³-hybridized carbons (Fsp3) is 0.261. The van der Waals surface area contributed by atoms with E-state index in [-0.39, 0.29) is 17.9 Å². The number of nitrogens with zero attached hydrogens (tertiary/aromatic N) is 3. The van der Waals surface area contributed by atoms with Crippen molar-refractivity contribution in [2.45, 2.75) is 18.9 Å². The van der Waals surface area contributed by atoms with Crippen molar-refractivity contribution in [3.05, 3.63) is 82.2 Å². The van der Waals surface area contributed by atoms with Crippen molar-refractivity contribution in [2.75, 3.05) is 18.0 Å². The summed E-state index contributed by atoms with van der Waals surface area (Å²) < 4.78 is 0. The van der Waals surface area contributed by atoms with E-state index in [4.69, 9.17) is 5.26 Å². The molecule has 1 aromatic carbocycles. The van der Waals surface area contributed by atoms with E-state index >= 15 is 0 Å². The van der Waals surface area contributed by atoms with Crippen LogP contribution in [0.5, 0.6) is 0 Å². The summed E-state index contributed by atoms with van der Waals surface area (Å²) in [6.07, 6.45) is 3.18. The first kappa shape index (κ1) is 19.2. The number of hydrogen-bond acceptors (Lipinski definition) is 5. The summed E-state index contributed by atoms with van der Waals surface area (Å²) in [4.78, 5) is 20.7. The van der Waals surface area contributed by atoms with Gasteiger partial charge in [0, 0.05) is 30.1 Å². The number of thiophene rings is 1. The van der Waals surface area contributed by atoms with Crippen LogP contribution in [-0.2, 0) is 4.79 Å². The number of piperidine rings is 1. The summed E-state index contributed by atoms with van der Waals surface area (Å²) in [5.74, 6) is 0.971. The van der Waals surface area contributed by atoms with E-state index in [1.807, 2.05) is 35.7 Å². The molecule has 1 N–H and O–H groups in total. The Morgan fingerprint density at radius 3 is 2.55 bits per heavy atom. The fourth-order valence-corrected chi connectivity index (χ4v) is 4.49. The van der Waals surface area contributed by atoms with Crippen molar-refractivity contribution in [1.82, 2.24) is 10.3 Å². The fourth-order valence-electron chi connectivity index (χ4n) is 3.69. The van der Waals surface area contributed by atoms with Crippen molar-refractivity contribution < 1.29 is 4.79 Å². The zero-order valence-electron chi connectivity index (χ0n) is 16.0. The molecule has 0 spiro atoms. The van der Waals surface area contributed by atoms with Crippen LogP contribution in [0.3, 0.4) is 0 Å². The number of rotatable bonds is 5. The van der Waals surface area contributed by atoms with Gasteiger partial charge < -0.3 is 10.2 Å². The van der Waals surface area contributed by atoms with E-state index in [9.17, 15) is 4.79 Å². The van der Waals surface area contributed by atoms with Crippen LogP contribution >= 0.6 is 11.3 Å². The lowest BCUT2D eigenvalue weighted by molar-refractivity contribution is -0.126. The highest BCUT2D eigenvalue weighted by Crippen LogP contribution is 2.28. The average molecular weight is 403 g/mol.